The fraction of sp³-hybridized carbons (Fsp3) is 0.167. The predicted molar refractivity (Wildman–Crippen MR) is 47.7 cm³/mol. The van der Waals surface area contributed by atoms with Crippen LogP contribution in [-0.2, 0) is 4.79 Å². The number of nitrogens with two attached hydrogens (primary N) is 2. The van der Waals surface area contributed by atoms with Gasteiger partial charge in [-0.1, -0.05) is 6.07 Å². The van der Waals surface area contributed by atoms with Gasteiger partial charge in [-0.05, 0) is 11.4 Å². The Morgan fingerprint density at radius 2 is 2.27 bits per heavy atom. The van der Waals surface area contributed by atoms with Crippen LogP contribution in [0, 0.1) is 0 Å². The van der Waals surface area contributed by atoms with Crippen LogP contribution < -0.4 is 11.5 Å². The Balaban J connectivity index is 0.000001000. The minimum Gasteiger partial charge on any atom is -0.368 e. The summed E-state index contributed by atoms with van der Waals surface area (Å²) >= 11 is 1.43. The highest BCUT2D eigenvalue weighted by Crippen LogP contribution is 2.15. The van der Waals surface area contributed by atoms with Gasteiger partial charge in [-0.25, -0.2) is 0 Å². The van der Waals surface area contributed by atoms with Gasteiger partial charge in [-0.3, -0.25) is 4.79 Å². The smallest absolute Gasteiger partial charge is 0.239 e. The molecule has 0 saturated carbocycles. The first-order valence-electron chi connectivity index (χ1n) is 2.80. The second kappa shape index (κ2) is 4.33. The molecule has 0 spiro atoms. The Bertz CT molecular complexity index is 224. The molecule has 1 amide bonds. The van der Waals surface area contributed by atoms with Crippen molar-refractivity contribution in [2.75, 3.05) is 0 Å². The summed E-state index contributed by atoms with van der Waals surface area (Å²) < 4.78 is 0. The molecule has 62 valence electrons. The molecule has 5 heteroatoms. The van der Waals surface area contributed by atoms with E-state index in [2.05, 4.69) is 0 Å². The molecule has 0 bridgehead atoms. The van der Waals surface area contributed by atoms with Gasteiger partial charge in [-0.2, -0.15) is 0 Å². The number of carbonyl (C=O) groups is 1. The lowest BCUT2D eigenvalue weighted by Crippen LogP contribution is -2.27. The number of hydrogen-bond donors (Lipinski definition) is 2. The highest BCUT2D eigenvalue weighted by atomic mass is 35.5. The highest BCUT2D eigenvalue weighted by molar-refractivity contribution is 7.10. The van der Waals surface area contributed by atoms with Crippen molar-refractivity contribution >= 4 is 29.7 Å². The lowest BCUT2D eigenvalue weighted by Gasteiger charge is -2.01. The van der Waals surface area contributed by atoms with E-state index in [-0.39, 0.29) is 12.4 Å². The summed E-state index contributed by atoms with van der Waals surface area (Å²) in [6.45, 7) is 0. The van der Waals surface area contributed by atoms with Gasteiger partial charge in [0.05, 0.1) is 0 Å². The van der Waals surface area contributed by atoms with Crippen LogP contribution in [0.3, 0.4) is 0 Å². The quantitative estimate of drug-likeness (QED) is 0.723. The Labute approximate surface area is 74.8 Å². The highest BCUT2D eigenvalue weighted by Gasteiger charge is 2.11. The number of rotatable bonds is 2. The van der Waals surface area contributed by atoms with Crippen molar-refractivity contribution in [3.05, 3.63) is 22.4 Å². The molecular weight excluding hydrogens is 184 g/mol. The number of hydrogen-bond acceptors (Lipinski definition) is 3. The van der Waals surface area contributed by atoms with E-state index < -0.39 is 11.9 Å². The molecule has 3 nitrogen and oxygen atoms in total. The SMILES string of the molecule is Cl.NC(=O)[C@H](N)c1cccs1. The van der Waals surface area contributed by atoms with Crippen molar-refractivity contribution in [3.8, 4) is 0 Å². The van der Waals surface area contributed by atoms with Crippen molar-refractivity contribution in [2.45, 2.75) is 6.04 Å². The largest absolute Gasteiger partial charge is 0.368 e. The zero-order valence-corrected chi connectivity index (χ0v) is 7.32. The van der Waals surface area contributed by atoms with Crippen LogP contribution >= 0.6 is 23.7 Å². The standard InChI is InChI=1S/C6H8N2OS.ClH/c7-5(6(8)9)4-2-1-3-10-4;/h1-3,5H,7H2,(H2,8,9);1H/t5-;/m1./s1. The van der Waals surface area contributed by atoms with Crippen molar-refractivity contribution < 1.29 is 4.79 Å². The average Bonchev–Trinajstić information content (AvgIpc) is 2.36. The molecule has 1 aromatic rings. The Morgan fingerprint density at radius 3 is 2.64 bits per heavy atom. The fourth-order valence-electron chi connectivity index (χ4n) is 0.608. The van der Waals surface area contributed by atoms with E-state index in [1.54, 1.807) is 6.07 Å². The summed E-state index contributed by atoms with van der Waals surface area (Å²) in [4.78, 5) is 11.3. The molecule has 1 rings (SSSR count). The van der Waals surface area contributed by atoms with Crippen LogP contribution in [0.2, 0.25) is 0 Å². The van der Waals surface area contributed by atoms with Gasteiger partial charge in [0.1, 0.15) is 6.04 Å². The molecule has 1 aromatic heterocycles. The van der Waals surface area contributed by atoms with Crippen molar-refractivity contribution in [2.24, 2.45) is 11.5 Å². The molecule has 4 N–H and O–H groups in total. The summed E-state index contributed by atoms with van der Waals surface area (Å²) in [7, 11) is 0. The number of thiophene rings is 1. The first kappa shape index (κ1) is 10.4. The topological polar surface area (TPSA) is 69.1 Å². The Hall–Kier alpha value is -0.580. The number of primary amides is 1. The molecule has 1 atom stereocenters. The van der Waals surface area contributed by atoms with Gasteiger partial charge in [0, 0.05) is 4.88 Å². The zero-order valence-electron chi connectivity index (χ0n) is 5.69. The second-order valence-electron chi connectivity index (χ2n) is 1.90. The summed E-state index contributed by atoms with van der Waals surface area (Å²) in [6.07, 6.45) is 0. The molecule has 0 fully saturated rings. The van der Waals surface area contributed by atoms with Crippen LogP contribution in [0.15, 0.2) is 17.5 Å². The monoisotopic (exact) mass is 192 g/mol. The average molecular weight is 193 g/mol. The Morgan fingerprint density at radius 1 is 1.64 bits per heavy atom. The lowest BCUT2D eigenvalue weighted by molar-refractivity contribution is -0.119. The first-order valence-corrected chi connectivity index (χ1v) is 3.68. The molecular formula is C6H9ClN2OS. The summed E-state index contributed by atoms with van der Waals surface area (Å²) in [5.41, 5.74) is 10.4. The van der Waals surface area contributed by atoms with Crippen molar-refractivity contribution in [1.29, 1.82) is 0 Å². The van der Waals surface area contributed by atoms with Crippen LogP contribution in [0.4, 0.5) is 0 Å². The van der Waals surface area contributed by atoms with Crippen molar-refractivity contribution in [3.63, 3.8) is 0 Å². The van der Waals surface area contributed by atoms with Gasteiger partial charge in [0.2, 0.25) is 5.91 Å². The number of halogens is 1. The minimum absolute atomic E-state index is 0. The Kier molecular flexibility index (Phi) is 4.10. The third kappa shape index (κ3) is 2.49. The number of carbonyl (C=O) groups excluding carboxylic acids is 1. The van der Waals surface area contributed by atoms with Crippen LogP contribution in [0.1, 0.15) is 10.9 Å². The van der Waals surface area contributed by atoms with Gasteiger partial charge in [0.25, 0.3) is 0 Å². The van der Waals surface area contributed by atoms with E-state index in [0.717, 1.165) is 4.88 Å². The molecule has 0 unspecified atom stereocenters. The maximum atomic E-state index is 10.5. The van der Waals surface area contributed by atoms with E-state index in [1.165, 1.54) is 11.3 Å². The molecule has 11 heavy (non-hydrogen) atoms. The van der Waals surface area contributed by atoms with Crippen LogP contribution in [0.5, 0.6) is 0 Å². The van der Waals surface area contributed by atoms with E-state index in [9.17, 15) is 4.79 Å². The third-order valence-electron chi connectivity index (χ3n) is 1.16. The second-order valence-corrected chi connectivity index (χ2v) is 2.87. The summed E-state index contributed by atoms with van der Waals surface area (Å²) in [5.74, 6) is -0.484. The normalized spacial score (nSPS) is 11.7. The fourth-order valence-corrected chi connectivity index (χ4v) is 1.34. The van der Waals surface area contributed by atoms with Gasteiger partial charge >= 0.3 is 0 Å². The molecule has 0 aliphatic heterocycles. The lowest BCUT2D eigenvalue weighted by atomic mass is 10.2. The van der Waals surface area contributed by atoms with Crippen LogP contribution in [0.25, 0.3) is 0 Å². The summed E-state index contributed by atoms with van der Waals surface area (Å²) in [5, 5.41) is 1.86. The maximum Gasteiger partial charge on any atom is 0.239 e. The van der Waals surface area contributed by atoms with E-state index in [4.69, 9.17) is 11.5 Å². The molecule has 0 saturated heterocycles. The van der Waals surface area contributed by atoms with E-state index in [0.29, 0.717) is 0 Å². The minimum atomic E-state index is -0.639. The van der Waals surface area contributed by atoms with E-state index in [1.807, 2.05) is 11.4 Å². The molecule has 0 aliphatic rings. The molecule has 0 aliphatic carbocycles. The van der Waals surface area contributed by atoms with Crippen LogP contribution in [-0.4, -0.2) is 5.91 Å². The van der Waals surface area contributed by atoms with Crippen molar-refractivity contribution in [1.82, 2.24) is 0 Å². The molecule has 0 aromatic carbocycles. The van der Waals surface area contributed by atoms with Gasteiger partial charge in [-0.15, -0.1) is 23.7 Å². The third-order valence-corrected chi connectivity index (χ3v) is 2.11. The van der Waals surface area contributed by atoms with Gasteiger partial charge in [0.15, 0.2) is 0 Å². The van der Waals surface area contributed by atoms with Gasteiger partial charge < -0.3 is 11.5 Å². The first-order chi connectivity index (χ1) is 4.72. The maximum absolute atomic E-state index is 10.5. The molecule has 0 radical (unpaired) electrons. The molecule has 1 heterocycles. The zero-order chi connectivity index (χ0) is 7.56. The summed E-state index contributed by atoms with van der Waals surface area (Å²) in [6, 6.07) is 2.99. The predicted octanol–water partition coefficient (Wildman–Crippen LogP) is 0.655. The van der Waals surface area contributed by atoms with E-state index >= 15 is 0 Å². The number of amides is 1.